The molecule has 1 aromatic carbocycles. The standard InChI is InChI=1S/C14H13Br2NS/c15-11-7-12(18-14(11)16)13(17)10-5-8-3-1-2-4-9(8)6-10/h1-4,7,10,13H,5-6,17H2. The second-order valence-corrected chi connectivity index (χ2v) is 7.99. The van der Waals surface area contributed by atoms with Crippen molar-refractivity contribution in [1.29, 1.82) is 0 Å². The van der Waals surface area contributed by atoms with Crippen molar-refractivity contribution >= 4 is 43.2 Å². The van der Waals surface area contributed by atoms with Gasteiger partial charge in [-0.1, -0.05) is 24.3 Å². The van der Waals surface area contributed by atoms with Crippen LogP contribution >= 0.6 is 43.2 Å². The molecule has 1 aliphatic carbocycles. The summed E-state index contributed by atoms with van der Waals surface area (Å²) in [6.45, 7) is 0. The van der Waals surface area contributed by atoms with E-state index in [4.69, 9.17) is 5.73 Å². The summed E-state index contributed by atoms with van der Waals surface area (Å²) >= 11 is 8.80. The molecule has 0 amide bonds. The Morgan fingerprint density at radius 1 is 1.17 bits per heavy atom. The summed E-state index contributed by atoms with van der Waals surface area (Å²) in [5.74, 6) is 0.528. The topological polar surface area (TPSA) is 26.0 Å². The maximum atomic E-state index is 6.43. The molecular weight excluding hydrogens is 374 g/mol. The Kier molecular flexibility index (Phi) is 3.63. The van der Waals surface area contributed by atoms with E-state index in [9.17, 15) is 0 Å². The number of nitrogens with two attached hydrogens (primary N) is 1. The SMILES string of the molecule is NC(c1cc(Br)c(Br)s1)C1Cc2ccccc2C1. The van der Waals surface area contributed by atoms with Gasteiger partial charge >= 0.3 is 0 Å². The van der Waals surface area contributed by atoms with E-state index in [0.717, 1.165) is 21.1 Å². The van der Waals surface area contributed by atoms with Crippen molar-refractivity contribution in [3.05, 3.63) is 54.6 Å². The highest BCUT2D eigenvalue weighted by Gasteiger charge is 2.28. The molecule has 0 saturated carbocycles. The summed E-state index contributed by atoms with van der Waals surface area (Å²) < 4.78 is 2.23. The normalized spacial score (nSPS) is 16.8. The number of hydrogen-bond donors (Lipinski definition) is 1. The van der Waals surface area contributed by atoms with Crippen LogP contribution in [0, 0.1) is 5.92 Å². The molecule has 18 heavy (non-hydrogen) atoms. The highest BCUT2D eigenvalue weighted by Crippen LogP contribution is 2.40. The van der Waals surface area contributed by atoms with Gasteiger partial charge in [0.1, 0.15) is 0 Å². The first-order valence-electron chi connectivity index (χ1n) is 5.92. The second kappa shape index (κ2) is 5.08. The lowest BCUT2D eigenvalue weighted by Crippen LogP contribution is -2.20. The zero-order valence-electron chi connectivity index (χ0n) is 9.70. The molecule has 94 valence electrons. The van der Waals surface area contributed by atoms with Crippen LogP contribution in [0.15, 0.2) is 38.6 Å². The molecule has 0 radical (unpaired) electrons. The maximum absolute atomic E-state index is 6.43. The summed E-state index contributed by atoms with van der Waals surface area (Å²) in [6.07, 6.45) is 2.20. The fourth-order valence-corrected chi connectivity index (χ4v) is 4.79. The van der Waals surface area contributed by atoms with E-state index in [1.54, 1.807) is 11.3 Å². The lowest BCUT2D eigenvalue weighted by atomic mass is 9.96. The Bertz CT molecular complexity index is 534. The largest absolute Gasteiger partial charge is 0.323 e. The monoisotopic (exact) mass is 385 g/mol. The minimum absolute atomic E-state index is 0.130. The Hall–Kier alpha value is -0.160. The summed E-state index contributed by atoms with van der Waals surface area (Å²) in [5.41, 5.74) is 9.36. The molecule has 1 atom stereocenters. The molecular formula is C14H13Br2NS. The molecule has 4 heteroatoms. The van der Waals surface area contributed by atoms with Crippen molar-refractivity contribution in [2.75, 3.05) is 0 Å². The first-order valence-corrected chi connectivity index (χ1v) is 8.32. The van der Waals surface area contributed by atoms with Gasteiger partial charge in [0.15, 0.2) is 0 Å². The number of benzene rings is 1. The Labute approximate surface area is 128 Å². The van der Waals surface area contributed by atoms with E-state index in [1.807, 2.05) is 0 Å². The smallest absolute Gasteiger partial charge is 0.0843 e. The van der Waals surface area contributed by atoms with Gasteiger partial charge in [0.05, 0.1) is 3.79 Å². The summed E-state index contributed by atoms with van der Waals surface area (Å²) in [5, 5.41) is 0. The molecule has 1 aromatic heterocycles. The third-order valence-corrected chi connectivity index (χ3v) is 6.94. The van der Waals surface area contributed by atoms with E-state index in [-0.39, 0.29) is 6.04 Å². The molecule has 0 bridgehead atoms. The number of rotatable bonds is 2. The first kappa shape index (κ1) is 12.9. The van der Waals surface area contributed by atoms with Gasteiger partial charge in [-0.3, -0.25) is 0 Å². The molecule has 3 rings (SSSR count). The number of thiophene rings is 1. The summed E-state index contributed by atoms with van der Waals surface area (Å²) in [4.78, 5) is 1.26. The van der Waals surface area contributed by atoms with Crippen molar-refractivity contribution in [2.45, 2.75) is 18.9 Å². The lowest BCUT2D eigenvalue weighted by molar-refractivity contribution is 0.459. The van der Waals surface area contributed by atoms with Crippen LogP contribution in [-0.4, -0.2) is 0 Å². The van der Waals surface area contributed by atoms with Gasteiger partial charge in [-0.15, -0.1) is 11.3 Å². The van der Waals surface area contributed by atoms with Gasteiger partial charge in [0.2, 0.25) is 0 Å². The van der Waals surface area contributed by atoms with Crippen molar-refractivity contribution < 1.29 is 0 Å². The fourth-order valence-electron chi connectivity index (χ4n) is 2.61. The van der Waals surface area contributed by atoms with Crippen molar-refractivity contribution in [3.63, 3.8) is 0 Å². The third kappa shape index (κ3) is 2.31. The van der Waals surface area contributed by atoms with Crippen LogP contribution in [0.25, 0.3) is 0 Å². The predicted molar refractivity (Wildman–Crippen MR) is 84.0 cm³/mol. The van der Waals surface area contributed by atoms with Crippen LogP contribution in [-0.2, 0) is 12.8 Å². The van der Waals surface area contributed by atoms with E-state index >= 15 is 0 Å². The van der Waals surface area contributed by atoms with Gasteiger partial charge in [-0.25, -0.2) is 0 Å². The zero-order chi connectivity index (χ0) is 12.7. The van der Waals surface area contributed by atoms with Crippen LogP contribution < -0.4 is 5.73 Å². The molecule has 0 spiro atoms. The van der Waals surface area contributed by atoms with Crippen LogP contribution in [0.2, 0.25) is 0 Å². The Balaban J connectivity index is 1.82. The van der Waals surface area contributed by atoms with Crippen molar-refractivity contribution in [1.82, 2.24) is 0 Å². The summed E-state index contributed by atoms with van der Waals surface area (Å²) in [7, 11) is 0. The molecule has 1 aliphatic rings. The molecule has 0 aliphatic heterocycles. The van der Waals surface area contributed by atoms with Gasteiger partial charge in [0.25, 0.3) is 0 Å². The fraction of sp³-hybridized carbons (Fsp3) is 0.286. The highest BCUT2D eigenvalue weighted by atomic mass is 79.9. The first-order chi connectivity index (χ1) is 8.65. The zero-order valence-corrected chi connectivity index (χ0v) is 13.7. The Morgan fingerprint density at radius 2 is 1.78 bits per heavy atom. The summed E-state index contributed by atoms with van der Waals surface area (Å²) in [6, 6.07) is 11.0. The van der Waals surface area contributed by atoms with Crippen LogP contribution in [0.4, 0.5) is 0 Å². The van der Waals surface area contributed by atoms with Gasteiger partial charge in [-0.05, 0) is 67.8 Å². The number of fused-ring (bicyclic) bond motifs is 1. The van der Waals surface area contributed by atoms with E-state index in [0.29, 0.717) is 5.92 Å². The molecule has 2 N–H and O–H groups in total. The maximum Gasteiger partial charge on any atom is 0.0843 e. The molecule has 1 nitrogen and oxygen atoms in total. The van der Waals surface area contributed by atoms with Gasteiger partial charge in [-0.2, -0.15) is 0 Å². The van der Waals surface area contributed by atoms with Crippen LogP contribution in [0.3, 0.4) is 0 Å². The third-order valence-electron chi connectivity index (χ3n) is 3.58. The molecule has 0 saturated heterocycles. The van der Waals surface area contributed by atoms with E-state index in [2.05, 4.69) is 62.2 Å². The number of hydrogen-bond acceptors (Lipinski definition) is 2. The number of halogens is 2. The quantitative estimate of drug-likeness (QED) is 0.795. The average Bonchev–Trinajstić information content (AvgIpc) is 2.93. The molecule has 2 aromatic rings. The predicted octanol–water partition coefficient (Wildman–Crippen LogP) is 4.69. The minimum atomic E-state index is 0.130. The van der Waals surface area contributed by atoms with Gasteiger partial charge < -0.3 is 5.73 Å². The molecule has 0 fully saturated rings. The Morgan fingerprint density at radius 3 is 2.28 bits per heavy atom. The van der Waals surface area contributed by atoms with Crippen LogP contribution in [0.1, 0.15) is 22.0 Å². The van der Waals surface area contributed by atoms with E-state index < -0.39 is 0 Å². The average molecular weight is 387 g/mol. The van der Waals surface area contributed by atoms with Crippen molar-refractivity contribution in [3.8, 4) is 0 Å². The van der Waals surface area contributed by atoms with E-state index in [1.165, 1.54) is 16.0 Å². The molecule has 1 heterocycles. The minimum Gasteiger partial charge on any atom is -0.323 e. The van der Waals surface area contributed by atoms with Crippen LogP contribution in [0.5, 0.6) is 0 Å². The molecule has 1 unspecified atom stereocenters. The highest BCUT2D eigenvalue weighted by molar-refractivity contribution is 9.13. The second-order valence-electron chi connectivity index (χ2n) is 4.73. The lowest BCUT2D eigenvalue weighted by Gasteiger charge is -2.17. The van der Waals surface area contributed by atoms with Crippen molar-refractivity contribution in [2.24, 2.45) is 11.7 Å². The van der Waals surface area contributed by atoms with Gasteiger partial charge in [0, 0.05) is 15.4 Å².